The van der Waals surface area contributed by atoms with Crippen LogP contribution in [0.15, 0.2) is 35.6 Å². The first-order chi connectivity index (χ1) is 11.7. The lowest BCUT2D eigenvalue weighted by Crippen LogP contribution is -2.29. The van der Waals surface area contributed by atoms with Gasteiger partial charge in [0.25, 0.3) is 0 Å². The second-order valence-electron chi connectivity index (χ2n) is 5.80. The number of carbonyl (C=O) groups excluding carboxylic acids is 1. The van der Waals surface area contributed by atoms with Gasteiger partial charge in [-0.25, -0.2) is 9.37 Å². The molecule has 128 valence electrons. The summed E-state index contributed by atoms with van der Waals surface area (Å²) in [4.78, 5) is 18.4. The molecule has 0 aliphatic carbocycles. The molecule has 1 aliphatic rings. The van der Waals surface area contributed by atoms with Crippen LogP contribution in [0.1, 0.15) is 24.1 Å². The molecule has 0 bridgehead atoms. The molecular weight excluding hydrogens is 329 g/mol. The molecule has 0 unspecified atom stereocenters. The van der Waals surface area contributed by atoms with Crippen LogP contribution < -0.4 is 0 Å². The molecular formula is C17H20FN3O2S. The van der Waals surface area contributed by atoms with Crippen LogP contribution in [0.25, 0.3) is 0 Å². The number of nitrogens with zero attached hydrogens (tertiary/aromatic N) is 3. The molecule has 1 aliphatic heterocycles. The highest BCUT2D eigenvalue weighted by molar-refractivity contribution is 7.99. The third-order valence-corrected chi connectivity index (χ3v) is 4.98. The second-order valence-corrected chi connectivity index (χ2v) is 6.75. The number of rotatable bonds is 6. The SMILES string of the molecule is O=C(CSc1nc(CO)cn1Cc1ccc(F)cc1)N1CCCC1. The molecule has 24 heavy (non-hydrogen) atoms. The summed E-state index contributed by atoms with van der Waals surface area (Å²) in [6, 6.07) is 6.28. The first-order valence-electron chi connectivity index (χ1n) is 7.97. The summed E-state index contributed by atoms with van der Waals surface area (Å²) in [5.41, 5.74) is 1.50. The minimum absolute atomic E-state index is 0.124. The van der Waals surface area contributed by atoms with E-state index in [9.17, 15) is 14.3 Å². The van der Waals surface area contributed by atoms with Crippen LogP contribution in [0.4, 0.5) is 4.39 Å². The number of thioether (sulfide) groups is 1. The molecule has 5 nitrogen and oxygen atoms in total. The maximum Gasteiger partial charge on any atom is 0.233 e. The summed E-state index contributed by atoms with van der Waals surface area (Å²) in [5, 5.41) is 10.0. The average Bonchev–Trinajstić information content (AvgIpc) is 3.24. The molecule has 0 radical (unpaired) electrons. The number of likely N-dealkylation sites (tertiary alicyclic amines) is 1. The van der Waals surface area contributed by atoms with Gasteiger partial charge in [-0.05, 0) is 30.5 Å². The van der Waals surface area contributed by atoms with Crippen LogP contribution in [-0.2, 0) is 17.9 Å². The average molecular weight is 349 g/mol. The molecule has 1 N–H and O–H groups in total. The zero-order valence-corrected chi connectivity index (χ0v) is 14.1. The highest BCUT2D eigenvalue weighted by Gasteiger charge is 2.19. The quantitative estimate of drug-likeness (QED) is 0.813. The molecule has 0 atom stereocenters. The van der Waals surface area contributed by atoms with Crippen LogP contribution in [0.5, 0.6) is 0 Å². The standard InChI is InChI=1S/C17H20FN3O2S/c18-14-5-3-13(4-6-14)9-21-10-15(11-22)19-17(21)24-12-16(23)20-7-1-2-8-20/h3-6,10,22H,1-2,7-9,11-12H2. The van der Waals surface area contributed by atoms with E-state index >= 15 is 0 Å². The molecule has 2 aromatic rings. The molecule has 1 fully saturated rings. The summed E-state index contributed by atoms with van der Waals surface area (Å²) < 4.78 is 14.9. The van der Waals surface area contributed by atoms with E-state index in [4.69, 9.17) is 0 Å². The number of benzene rings is 1. The van der Waals surface area contributed by atoms with E-state index in [1.54, 1.807) is 18.3 Å². The maximum absolute atomic E-state index is 13.0. The van der Waals surface area contributed by atoms with E-state index in [-0.39, 0.29) is 18.3 Å². The molecule has 0 saturated carbocycles. The topological polar surface area (TPSA) is 58.4 Å². The lowest BCUT2D eigenvalue weighted by atomic mass is 10.2. The van der Waals surface area contributed by atoms with Crippen molar-refractivity contribution in [1.29, 1.82) is 0 Å². The van der Waals surface area contributed by atoms with Crippen molar-refractivity contribution >= 4 is 17.7 Å². The van der Waals surface area contributed by atoms with Crippen molar-refractivity contribution in [2.24, 2.45) is 0 Å². The summed E-state index contributed by atoms with van der Waals surface area (Å²) >= 11 is 1.38. The number of hydrogen-bond donors (Lipinski definition) is 1. The molecule has 1 amide bonds. The van der Waals surface area contributed by atoms with Crippen LogP contribution in [0.3, 0.4) is 0 Å². The first-order valence-corrected chi connectivity index (χ1v) is 8.96. The molecule has 1 aromatic heterocycles. The highest BCUT2D eigenvalue weighted by atomic mass is 32.2. The number of imidazole rings is 1. The van der Waals surface area contributed by atoms with Crippen molar-refractivity contribution in [3.05, 3.63) is 47.5 Å². The van der Waals surface area contributed by atoms with E-state index < -0.39 is 0 Å². The van der Waals surface area contributed by atoms with Gasteiger partial charge in [0.2, 0.25) is 5.91 Å². The van der Waals surface area contributed by atoms with Crippen LogP contribution >= 0.6 is 11.8 Å². The Morgan fingerprint density at radius 2 is 1.96 bits per heavy atom. The molecule has 1 aromatic carbocycles. The van der Waals surface area contributed by atoms with Crippen molar-refractivity contribution in [1.82, 2.24) is 14.5 Å². The number of carbonyl (C=O) groups is 1. The fourth-order valence-electron chi connectivity index (χ4n) is 2.73. The van der Waals surface area contributed by atoms with Gasteiger partial charge in [0.05, 0.1) is 18.1 Å². The van der Waals surface area contributed by atoms with Gasteiger partial charge in [0.15, 0.2) is 5.16 Å². The number of halogens is 1. The number of aromatic nitrogens is 2. The Kier molecular flexibility index (Phi) is 5.52. The number of aliphatic hydroxyl groups is 1. The maximum atomic E-state index is 13.0. The predicted molar refractivity (Wildman–Crippen MR) is 90.2 cm³/mol. The Bertz CT molecular complexity index is 696. The minimum atomic E-state index is -0.272. The van der Waals surface area contributed by atoms with Crippen LogP contribution in [0, 0.1) is 5.82 Å². The normalized spacial score (nSPS) is 14.3. The Labute approximate surface area is 144 Å². The minimum Gasteiger partial charge on any atom is -0.390 e. The Balaban J connectivity index is 1.68. The van der Waals surface area contributed by atoms with E-state index in [1.807, 2.05) is 9.47 Å². The third-order valence-electron chi connectivity index (χ3n) is 4.00. The lowest BCUT2D eigenvalue weighted by molar-refractivity contribution is -0.127. The van der Waals surface area contributed by atoms with Crippen molar-refractivity contribution in [2.45, 2.75) is 31.1 Å². The fourth-order valence-corrected chi connectivity index (χ4v) is 3.63. The van der Waals surface area contributed by atoms with Gasteiger partial charge in [-0.2, -0.15) is 0 Å². The predicted octanol–water partition coefficient (Wildman–Crippen LogP) is 2.28. The van der Waals surface area contributed by atoms with Crippen LogP contribution in [-0.4, -0.2) is 44.3 Å². The zero-order valence-electron chi connectivity index (χ0n) is 13.3. The van der Waals surface area contributed by atoms with Crippen molar-refractivity contribution in [3.63, 3.8) is 0 Å². The van der Waals surface area contributed by atoms with E-state index in [0.29, 0.717) is 23.1 Å². The Morgan fingerprint density at radius 3 is 2.62 bits per heavy atom. The van der Waals surface area contributed by atoms with Crippen molar-refractivity contribution in [3.8, 4) is 0 Å². The second kappa shape index (κ2) is 7.81. The molecule has 2 heterocycles. The third kappa shape index (κ3) is 4.15. The number of amides is 1. The van der Waals surface area contributed by atoms with Gasteiger partial charge in [-0.15, -0.1) is 0 Å². The number of hydrogen-bond acceptors (Lipinski definition) is 4. The molecule has 3 rings (SSSR count). The monoisotopic (exact) mass is 349 g/mol. The molecule has 7 heteroatoms. The smallest absolute Gasteiger partial charge is 0.233 e. The number of aliphatic hydroxyl groups excluding tert-OH is 1. The molecule has 0 spiro atoms. The van der Waals surface area contributed by atoms with E-state index in [0.717, 1.165) is 31.5 Å². The van der Waals surface area contributed by atoms with E-state index in [2.05, 4.69) is 4.98 Å². The summed E-state index contributed by atoms with van der Waals surface area (Å²) in [7, 11) is 0. The highest BCUT2D eigenvalue weighted by Crippen LogP contribution is 2.21. The van der Waals surface area contributed by atoms with Crippen LogP contribution in [0.2, 0.25) is 0 Å². The zero-order chi connectivity index (χ0) is 16.9. The van der Waals surface area contributed by atoms with Gasteiger partial charge < -0.3 is 14.6 Å². The summed E-state index contributed by atoms with van der Waals surface area (Å²) in [6.45, 7) is 2.05. The van der Waals surface area contributed by atoms with Gasteiger partial charge in [0, 0.05) is 25.8 Å². The summed E-state index contributed by atoms with van der Waals surface area (Å²) in [5.74, 6) is 0.191. The largest absolute Gasteiger partial charge is 0.390 e. The van der Waals surface area contributed by atoms with Gasteiger partial charge in [-0.1, -0.05) is 23.9 Å². The van der Waals surface area contributed by atoms with E-state index in [1.165, 1.54) is 23.9 Å². The van der Waals surface area contributed by atoms with Crippen molar-refractivity contribution < 1.29 is 14.3 Å². The Hall–Kier alpha value is -1.86. The van der Waals surface area contributed by atoms with Gasteiger partial charge in [0.1, 0.15) is 5.82 Å². The first kappa shape index (κ1) is 17.0. The van der Waals surface area contributed by atoms with Gasteiger partial charge >= 0.3 is 0 Å². The Morgan fingerprint density at radius 1 is 1.25 bits per heavy atom. The molecule has 1 saturated heterocycles. The van der Waals surface area contributed by atoms with Gasteiger partial charge in [-0.3, -0.25) is 4.79 Å². The van der Waals surface area contributed by atoms with Crippen molar-refractivity contribution in [2.75, 3.05) is 18.8 Å². The fraction of sp³-hybridized carbons (Fsp3) is 0.412. The summed E-state index contributed by atoms with van der Waals surface area (Å²) in [6.07, 6.45) is 3.92. The lowest BCUT2D eigenvalue weighted by Gasteiger charge is -2.14.